The van der Waals surface area contributed by atoms with Gasteiger partial charge in [0.2, 0.25) is 0 Å². The Kier molecular flexibility index (Phi) is 3.97. The van der Waals surface area contributed by atoms with Gasteiger partial charge in [0.15, 0.2) is 5.78 Å². The van der Waals surface area contributed by atoms with E-state index in [0.29, 0.717) is 17.1 Å². The van der Waals surface area contributed by atoms with Gasteiger partial charge in [0.25, 0.3) is 0 Å². The van der Waals surface area contributed by atoms with E-state index in [9.17, 15) is 4.79 Å². The fourth-order valence-electron chi connectivity index (χ4n) is 2.58. The van der Waals surface area contributed by atoms with Gasteiger partial charge in [-0.25, -0.2) is 4.68 Å². The van der Waals surface area contributed by atoms with Gasteiger partial charge in [0.1, 0.15) is 23.3 Å². The molecule has 6 nitrogen and oxygen atoms in total. The number of benzene rings is 1. The Morgan fingerprint density at radius 2 is 2.04 bits per heavy atom. The fraction of sp³-hybridized carbons (Fsp3) is 0.235. The van der Waals surface area contributed by atoms with Crippen LogP contribution in [0.1, 0.15) is 40.4 Å². The molecule has 6 heteroatoms. The second kappa shape index (κ2) is 6.08. The first-order valence-corrected chi connectivity index (χ1v) is 7.21. The zero-order valence-corrected chi connectivity index (χ0v) is 13.2. The molecule has 2 heterocycles. The second-order valence-electron chi connectivity index (χ2n) is 5.23. The SMILES string of the molecule is COc1ccc(C(c2cc(C(C)=O)c(C)o2)n2ccnn2)cc1. The normalized spacial score (nSPS) is 12.1. The molecule has 0 bridgehead atoms. The molecule has 0 aliphatic heterocycles. The van der Waals surface area contributed by atoms with Gasteiger partial charge < -0.3 is 9.15 Å². The van der Waals surface area contributed by atoms with Crippen molar-refractivity contribution in [3.05, 3.63) is 65.4 Å². The van der Waals surface area contributed by atoms with E-state index in [1.165, 1.54) is 6.92 Å². The van der Waals surface area contributed by atoms with E-state index in [0.717, 1.165) is 11.3 Å². The first kappa shape index (κ1) is 15.0. The van der Waals surface area contributed by atoms with Crippen LogP contribution >= 0.6 is 0 Å². The lowest BCUT2D eigenvalue weighted by molar-refractivity contribution is 0.101. The van der Waals surface area contributed by atoms with Crippen molar-refractivity contribution < 1.29 is 13.9 Å². The fourth-order valence-corrected chi connectivity index (χ4v) is 2.58. The van der Waals surface area contributed by atoms with Crippen LogP contribution in [0.25, 0.3) is 0 Å². The molecule has 1 aromatic carbocycles. The van der Waals surface area contributed by atoms with Crippen LogP contribution in [-0.4, -0.2) is 27.9 Å². The lowest BCUT2D eigenvalue weighted by atomic mass is 10.0. The molecule has 0 aliphatic rings. The van der Waals surface area contributed by atoms with Gasteiger partial charge in [-0.2, -0.15) is 0 Å². The van der Waals surface area contributed by atoms with Crippen molar-refractivity contribution in [1.82, 2.24) is 15.0 Å². The smallest absolute Gasteiger partial charge is 0.163 e. The third kappa shape index (κ3) is 2.88. The predicted octanol–water partition coefficient (Wildman–Crippen LogP) is 3.03. The molecule has 0 radical (unpaired) electrons. The number of ether oxygens (including phenoxy) is 1. The molecule has 0 aliphatic carbocycles. The van der Waals surface area contributed by atoms with Crippen LogP contribution in [0.3, 0.4) is 0 Å². The molecule has 1 atom stereocenters. The number of aryl methyl sites for hydroxylation is 1. The van der Waals surface area contributed by atoms with Gasteiger partial charge in [0.05, 0.1) is 18.9 Å². The number of furan rings is 1. The zero-order chi connectivity index (χ0) is 16.4. The summed E-state index contributed by atoms with van der Waals surface area (Å²) in [4.78, 5) is 11.7. The topological polar surface area (TPSA) is 70.2 Å². The summed E-state index contributed by atoms with van der Waals surface area (Å²) in [5, 5.41) is 7.96. The number of ketones is 1. The average Bonchev–Trinajstić information content (AvgIpc) is 3.19. The molecule has 0 N–H and O–H groups in total. The van der Waals surface area contributed by atoms with E-state index in [4.69, 9.17) is 9.15 Å². The van der Waals surface area contributed by atoms with Gasteiger partial charge in [-0.1, -0.05) is 17.3 Å². The Balaban J connectivity index is 2.09. The summed E-state index contributed by atoms with van der Waals surface area (Å²) in [5.41, 5.74) is 1.54. The molecule has 3 rings (SSSR count). The molecular formula is C17H17N3O3. The lowest BCUT2D eigenvalue weighted by Gasteiger charge is -2.15. The van der Waals surface area contributed by atoms with E-state index >= 15 is 0 Å². The average molecular weight is 311 g/mol. The third-order valence-corrected chi connectivity index (χ3v) is 3.72. The summed E-state index contributed by atoms with van der Waals surface area (Å²) in [7, 11) is 1.62. The molecule has 3 aromatic rings. The highest BCUT2D eigenvalue weighted by Crippen LogP contribution is 2.30. The van der Waals surface area contributed by atoms with Crippen molar-refractivity contribution >= 4 is 5.78 Å². The first-order valence-electron chi connectivity index (χ1n) is 7.21. The van der Waals surface area contributed by atoms with E-state index < -0.39 is 0 Å². The summed E-state index contributed by atoms with van der Waals surface area (Å²) in [5.74, 6) is 1.99. The Morgan fingerprint density at radius 1 is 1.30 bits per heavy atom. The van der Waals surface area contributed by atoms with E-state index in [1.54, 1.807) is 37.2 Å². The van der Waals surface area contributed by atoms with Crippen LogP contribution in [0.5, 0.6) is 5.75 Å². The van der Waals surface area contributed by atoms with E-state index in [1.807, 2.05) is 24.3 Å². The maximum atomic E-state index is 11.7. The minimum absolute atomic E-state index is 0.0235. The highest BCUT2D eigenvalue weighted by Gasteiger charge is 2.23. The number of carbonyl (C=O) groups is 1. The summed E-state index contributed by atoms with van der Waals surface area (Å²) in [6.07, 6.45) is 3.37. The minimum Gasteiger partial charge on any atom is -0.497 e. The van der Waals surface area contributed by atoms with Crippen LogP contribution < -0.4 is 4.74 Å². The van der Waals surface area contributed by atoms with Crippen molar-refractivity contribution in [3.8, 4) is 5.75 Å². The number of aromatic nitrogens is 3. The standard InChI is InChI=1S/C17H17N3O3/c1-11(21)15-10-16(23-12(15)2)17(20-9-8-18-19-20)13-4-6-14(22-3)7-5-13/h4-10,17H,1-3H3. The number of methoxy groups -OCH3 is 1. The van der Waals surface area contributed by atoms with Crippen LogP contribution in [0.4, 0.5) is 0 Å². The largest absolute Gasteiger partial charge is 0.497 e. The number of nitrogens with zero attached hydrogens (tertiary/aromatic N) is 3. The van der Waals surface area contributed by atoms with Crippen molar-refractivity contribution in [1.29, 1.82) is 0 Å². The maximum Gasteiger partial charge on any atom is 0.163 e. The summed E-state index contributed by atoms with van der Waals surface area (Å²) >= 11 is 0. The summed E-state index contributed by atoms with van der Waals surface area (Å²) in [6.45, 7) is 3.31. The monoisotopic (exact) mass is 311 g/mol. The van der Waals surface area contributed by atoms with Gasteiger partial charge in [0, 0.05) is 6.20 Å². The number of hydrogen-bond donors (Lipinski definition) is 0. The highest BCUT2D eigenvalue weighted by molar-refractivity contribution is 5.95. The van der Waals surface area contributed by atoms with Crippen molar-refractivity contribution in [3.63, 3.8) is 0 Å². The molecule has 0 spiro atoms. The highest BCUT2D eigenvalue weighted by atomic mass is 16.5. The number of carbonyl (C=O) groups excluding carboxylic acids is 1. The summed E-state index contributed by atoms with van der Waals surface area (Å²) in [6, 6.07) is 9.11. The first-order chi connectivity index (χ1) is 11.1. The molecule has 23 heavy (non-hydrogen) atoms. The van der Waals surface area contributed by atoms with Crippen molar-refractivity contribution in [2.24, 2.45) is 0 Å². The summed E-state index contributed by atoms with van der Waals surface area (Å²) < 4.78 is 12.7. The zero-order valence-electron chi connectivity index (χ0n) is 13.2. The van der Waals surface area contributed by atoms with Gasteiger partial charge in [-0.05, 0) is 37.6 Å². The molecular weight excluding hydrogens is 294 g/mol. The molecule has 0 saturated carbocycles. The minimum atomic E-state index is -0.296. The van der Waals surface area contributed by atoms with Crippen molar-refractivity contribution in [2.45, 2.75) is 19.9 Å². The Bertz CT molecular complexity index is 804. The molecule has 1 unspecified atom stereocenters. The number of rotatable bonds is 5. The molecule has 0 saturated heterocycles. The van der Waals surface area contributed by atoms with Crippen LogP contribution in [-0.2, 0) is 0 Å². The van der Waals surface area contributed by atoms with Gasteiger partial charge in [-0.15, -0.1) is 5.10 Å². The molecule has 0 fully saturated rings. The Hall–Kier alpha value is -2.89. The number of hydrogen-bond acceptors (Lipinski definition) is 5. The lowest BCUT2D eigenvalue weighted by Crippen LogP contribution is -2.12. The van der Waals surface area contributed by atoms with Crippen molar-refractivity contribution in [2.75, 3.05) is 7.11 Å². The van der Waals surface area contributed by atoms with Gasteiger partial charge in [-0.3, -0.25) is 4.79 Å². The molecule has 0 amide bonds. The maximum absolute atomic E-state index is 11.7. The predicted molar refractivity (Wildman–Crippen MR) is 83.7 cm³/mol. The quantitative estimate of drug-likeness (QED) is 0.677. The van der Waals surface area contributed by atoms with E-state index in [2.05, 4.69) is 10.3 Å². The van der Waals surface area contributed by atoms with Crippen LogP contribution in [0.2, 0.25) is 0 Å². The third-order valence-electron chi connectivity index (χ3n) is 3.72. The Morgan fingerprint density at radius 3 is 2.57 bits per heavy atom. The number of Topliss-reactive ketones (excluding diaryl/α,β-unsaturated/α-hetero) is 1. The van der Waals surface area contributed by atoms with Crippen LogP contribution in [0.15, 0.2) is 47.1 Å². The molecule has 118 valence electrons. The molecule has 2 aromatic heterocycles. The van der Waals surface area contributed by atoms with Crippen LogP contribution in [0, 0.1) is 6.92 Å². The van der Waals surface area contributed by atoms with E-state index in [-0.39, 0.29) is 11.8 Å². The Labute approximate surface area is 133 Å². The second-order valence-corrected chi connectivity index (χ2v) is 5.23. The van der Waals surface area contributed by atoms with Gasteiger partial charge >= 0.3 is 0 Å².